The number of nitro benzene ring substituents is 1. The minimum absolute atomic E-state index is 0.125. The summed E-state index contributed by atoms with van der Waals surface area (Å²) in [6.45, 7) is 5.04. The maximum atomic E-state index is 10.8. The van der Waals surface area contributed by atoms with Crippen LogP contribution in [-0.4, -0.2) is 26.2 Å². The number of nitrogens with two attached hydrogens (primary N) is 1. The first-order valence-corrected chi connectivity index (χ1v) is 7.43. The van der Waals surface area contributed by atoms with Crippen molar-refractivity contribution in [1.82, 2.24) is 14.8 Å². The Morgan fingerprint density at radius 1 is 1.43 bits per heavy atom. The second-order valence-electron chi connectivity index (χ2n) is 4.49. The molecule has 1 aromatic carbocycles. The van der Waals surface area contributed by atoms with E-state index < -0.39 is 0 Å². The second-order valence-corrected chi connectivity index (χ2v) is 5.53. The fourth-order valence-electron chi connectivity index (χ4n) is 2.03. The summed E-state index contributed by atoms with van der Waals surface area (Å²) in [5.74, 6) is 0.862. The fraction of sp³-hybridized carbons (Fsp3) is 0.385. The predicted octanol–water partition coefficient (Wildman–Crippen LogP) is 2.17. The van der Waals surface area contributed by atoms with Gasteiger partial charge in [-0.3, -0.25) is 10.1 Å². The van der Waals surface area contributed by atoms with Crippen LogP contribution in [0.1, 0.15) is 18.3 Å². The normalized spacial score (nSPS) is 10.8. The minimum Gasteiger partial charge on any atom is -0.330 e. The highest BCUT2D eigenvalue weighted by atomic mass is 32.2. The highest BCUT2D eigenvalue weighted by molar-refractivity contribution is 7.99. The lowest BCUT2D eigenvalue weighted by molar-refractivity contribution is -0.385. The first-order valence-electron chi connectivity index (χ1n) is 6.61. The van der Waals surface area contributed by atoms with Crippen molar-refractivity contribution in [1.29, 1.82) is 0 Å². The molecular formula is C13H17N5O2S. The molecule has 0 amide bonds. The molecule has 0 fully saturated rings. The molecule has 0 atom stereocenters. The first kappa shape index (κ1) is 15.5. The van der Waals surface area contributed by atoms with Gasteiger partial charge in [-0.2, -0.15) is 0 Å². The molecule has 0 unspecified atom stereocenters. The lowest BCUT2D eigenvalue weighted by Crippen LogP contribution is -2.09. The van der Waals surface area contributed by atoms with E-state index >= 15 is 0 Å². The van der Waals surface area contributed by atoms with Crippen molar-refractivity contribution >= 4 is 17.4 Å². The van der Waals surface area contributed by atoms with E-state index in [0.717, 1.165) is 22.4 Å². The molecule has 112 valence electrons. The molecule has 0 aliphatic carbocycles. The van der Waals surface area contributed by atoms with Crippen LogP contribution >= 0.6 is 11.8 Å². The van der Waals surface area contributed by atoms with Crippen LogP contribution in [-0.2, 0) is 13.0 Å². The van der Waals surface area contributed by atoms with Crippen LogP contribution < -0.4 is 5.73 Å². The number of nitro groups is 1. The molecule has 0 saturated carbocycles. The molecule has 1 aromatic heterocycles. The van der Waals surface area contributed by atoms with Crippen molar-refractivity contribution < 1.29 is 4.92 Å². The molecule has 0 radical (unpaired) electrons. The SMILES string of the molecule is CCn1c(CCN)nnc1Sc1ccc([N+](=O)[O-])c(C)c1. The molecule has 21 heavy (non-hydrogen) atoms. The standard InChI is InChI=1S/C13H17N5O2S/c1-3-17-12(6-7-14)15-16-13(17)21-10-4-5-11(18(19)20)9(2)8-10/h4-5,8H,3,6-7,14H2,1-2H3. The van der Waals surface area contributed by atoms with Gasteiger partial charge in [-0.15, -0.1) is 10.2 Å². The van der Waals surface area contributed by atoms with Crippen LogP contribution in [0.4, 0.5) is 5.69 Å². The summed E-state index contributed by atoms with van der Waals surface area (Å²) in [6.07, 6.45) is 0.681. The first-order chi connectivity index (χ1) is 10.1. The smallest absolute Gasteiger partial charge is 0.272 e. The number of hydrogen-bond donors (Lipinski definition) is 1. The van der Waals surface area contributed by atoms with Crippen molar-refractivity contribution in [3.63, 3.8) is 0 Å². The molecule has 2 N–H and O–H groups in total. The van der Waals surface area contributed by atoms with Gasteiger partial charge in [0.15, 0.2) is 5.16 Å². The van der Waals surface area contributed by atoms with Gasteiger partial charge >= 0.3 is 0 Å². The summed E-state index contributed by atoms with van der Waals surface area (Å²) >= 11 is 1.45. The van der Waals surface area contributed by atoms with E-state index in [9.17, 15) is 10.1 Å². The van der Waals surface area contributed by atoms with Crippen molar-refractivity contribution in [2.45, 2.75) is 36.9 Å². The summed E-state index contributed by atoms with van der Waals surface area (Å²) in [5.41, 5.74) is 6.32. The van der Waals surface area contributed by atoms with Crippen LogP contribution in [0.2, 0.25) is 0 Å². The van der Waals surface area contributed by atoms with E-state index in [1.807, 2.05) is 11.5 Å². The third-order valence-electron chi connectivity index (χ3n) is 3.05. The quantitative estimate of drug-likeness (QED) is 0.648. The highest BCUT2D eigenvalue weighted by Crippen LogP contribution is 2.30. The third-order valence-corrected chi connectivity index (χ3v) is 4.03. The molecule has 0 bridgehead atoms. The Kier molecular flexibility index (Phi) is 4.92. The monoisotopic (exact) mass is 307 g/mol. The molecule has 8 heteroatoms. The second kappa shape index (κ2) is 6.68. The van der Waals surface area contributed by atoms with E-state index in [0.29, 0.717) is 18.5 Å². The molecule has 2 rings (SSSR count). The summed E-state index contributed by atoms with van der Waals surface area (Å²) in [5, 5.41) is 19.9. The van der Waals surface area contributed by atoms with Crippen LogP contribution in [0.3, 0.4) is 0 Å². The number of hydrogen-bond acceptors (Lipinski definition) is 6. The number of rotatable bonds is 6. The maximum absolute atomic E-state index is 10.8. The van der Waals surface area contributed by atoms with Crippen molar-refractivity contribution in [3.05, 3.63) is 39.7 Å². The van der Waals surface area contributed by atoms with Gasteiger partial charge in [0.2, 0.25) is 0 Å². The topological polar surface area (TPSA) is 99.9 Å². The fourth-order valence-corrected chi connectivity index (χ4v) is 3.04. The average Bonchev–Trinajstić information content (AvgIpc) is 2.81. The Morgan fingerprint density at radius 3 is 2.76 bits per heavy atom. The van der Waals surface area contributed by atoms with Gasteiger partial charge in [-0.1, -0.05) is 0 Å². The Balaban J connectivity index is 2.26. The zero-order valence-electron chi connectivity index (χ0n) is 11.9. The lowest BCUT2D eigenvalue weighted by Gasteiger charge is -2.07. The van der Waals surface area contributed by atoms with Crippen LogP contribution in [0.25, 0.3) is 0 Å². The predicted molar refractivity (Wildman–Crippen MR) is 80.4 cm³/mol. The summed E-state index contributed by atoms with van der Waals surface area (Å²) in [4.78, 5) is 11.4. The minimum atomic E-state index is -0.377. The summed E-state index contributed by atoms with van der Waals surface area (Å²) in [7, 11) is 0. The van der Waals surface area contributed by atoms with Crippen LogP contribution in [0, 0.1) is 17.0 Å². The number of nitrogens with zero attached hydrogens (tertiary/aromatic N) is 4. The van der Waals surface area contributed by atoms with Crippen molar-refractivity contribution in [3.8, 4) is 0 Å². The van der Waals surface area contributed by atoms with Gasteiger partial charge in [0.05, 0.1) is 4.92 Å². The Morgan fingerprint density at radius 2 is 2.19 bits per heavy atom. The van der Waals surface area contributed by atoms with Gasteiger partial charge in [-0.05, 0) is 44.3 Å². The van der Waals surface area contributed by atoms with Crippen LogP contribution in [0.15, 0.2) is 28.3 Å². The van der Waals surface area contributed by atoms with E-state index in [4.69, 9.17) is 5.73 Å². The largest absolute Gasteiger partial charge is 0.330 e. The molecular weight excluding hydrogens is 290 g/mol. The summed E-state index contributed by atoms with van der Waals surface area (Å²) in [6, 6.07) is 5.04. The molecule has 0 aliphatic rings. The number of aromatic nitrogens is 3. The number of benzene rings is 1. The van der Waals surface area contributed by atoms with Crippen LogP contribution in [0.5, 0.6) is 0 Å². The molecule has 0 aliphatic heterocycles. The zero-order chi connectivity index (χ0) is 15.4. The van der Waals surface area contributed by atoms with Gasteiger partial charge in [-0.25, -0.2) is 0 Å². The maximum Gasteiger partial charge on any atom is 0.272 e. The Bertz CT molecular complexity index is 656. The van der Waals surface area contributed by atoms with Crippen molar-refractivity contribution in [2.75, 3.05) is 6.54 Å². The average molecular weight is 307 g/mol. The summed E-state index contributed by atoms with van der Waals surface area (Å²) < 4.78 is 2.01. The molecule has 2 aromatic rings. The van der Waals surface area contributed by atoms with E-state index in [-0.39, 0.29) is 10.6 Å². The van der Waals surface area contributed by atoms with E-state index in [1.54, 1.807) is 19.1 Å². The van der Waals surface area contributed by atoms with E-state index in [2.05, 4.69) is 10.2 Å². The molecule has 0 saturated heterocycles. The van der Waals surface area contributed by atoms with Gasteiger partial charge < -0.3 is 10.3 Å². The Labute approximate surface area is 126 Å². The molecule has 0 spiro atoms. The molecule has 7 nitrogen and oxygen atoms in total. The highest BCUT2D eigenvalue weighted by Gasteiger charge is 2.14. The zero-order valence-corrected chi connectivity index (χ0v) is 12.8. The Hall–Kier alpha value is -1.93. The van der Waals surface area contributed by atoms with Gasteiger partial charge in [0.1, 0.15) is 5.82 Å². The van der Waals surface area contributed by atoms with E-state index in [1.165, 1.54) is 17.8 Å². The van der Waals surface area contributed by atoms with Gasteiger partial charge in [0, 0.05) is 29.5 Å². The van der Waals surface area contributed by atoms with Gasteiger partial charge in [0.25, 0.3) is 5.69 Å². The molecule has 1 heterocycles. The van der Waals surface area contributed by atoms with Crippen molar-refractivity contribution in [2.24, 2.45) is 5.73 Å². The third kappa shape index (κ3) is 3.40. The lowest BCUT2D eigenvalue weighted by atomic mass is 10.2. The number of aryl methyl sites for hydroxylation is 1.